The lowest BCUT2D eigenvalue weighted by atomic mass is 10.1. The second-order valence-corrected chi connectivity index (χ2v) is 9.76. The van der Waals surface area contributed by atoms with Crippen LogP contribution in [0.5, 0.6) is 5.75 Å². The van der Waals surface area contributed by atoms with E-state index in [2.05, 4.69) is 42.4 Å². The van der Waals surface area contributed by atoms with Crippen LogP contribution in [0, 0.1) is 0 Å². The number of morpholine rings is 1. The van der Waals surface area contributed by atoms with E-state index in [0.717, 1.165) is 38.1 Å². The number of hydrogen-bond acceptors (Lipinski definition) is 11. The fourth-order valence-electron chi connectivity index (χ4n) is 3.69. The first kappa shape index (κ1) is 23.8. The molecule has 1 aliphatic rings. The van der Waals surface area contributed by atoms with E-state index in [1.807, 2.05) is 18.3 Å². The summed E-state index contributed by atoms with van der Waals surface area (Å²) < 4.78 is 35.2. The molecule has 1 aliphatic heterocycles. The summed E-state index contributed by atoms with van der Waals surface area (Å²) in [5, 5.41) is 6.09. The average molecular weight is 486 g/mol. The highest BCUT2D eigenvalue weighted by atomic mass is 32.2. The summed E-state index contributed by atoms with van der Waals surface area (Å²) in [6, 6.07) is 7.31. The summed E-state index contributed by atoms with van der Waals surface area (Å²) in [4.78, 5) is 19.4. The first-order valence-electron chi connectivity index (χ1n) is 10.7. The molecular weight excluding hydrogens is 458 g/mol. The minimum Gasteiger partial charge on any atom is -0.495 e. The minimum absolute atomic E-state index is 0.0442. The van der Waals surface area contributed by atoms with Crippen LogP contribution in [0.15, 0.2) is 47.9 Å². The number of aromatic nitrogens is 4. The monoisotopic (exact) mass is 485 g/mol. The molecule has 0 saturated carbocycles. The Balaban J connectivity index is 1.49. The first-order valence-corrected chi connectivity index (χ1v) is 12.6. The Bertz CT molecular complexity index is 1230. The summed E-state index contributed by atoms with van der Waals surface area (Å²) in [7, 11) is -2.20. The lowest BCUT2D eigenvalue weighted by Gasteiger charge is -2.32. The molecule has 4 rings (SSSR count). The standard InChI is InChI=1S/C22H27N7O4S/c1-15(29-8-10-33-11-9-29)16-4-5-18(24-13-16)27-19-12-20(26-14-25-19)28-22-21(34(3,30)31)17(32-2)6-7-23-22/h4-7,12-15H,8-11H2,1-3H3,(H2,23,24,25,26,27,28). The molecule has 1 atom stereocenters. The summed E-state index contributed by atoms with van der Waals surface area (Å²) in [6.45, 7) is 5.47. The van der Waals surface area contributed by atoms with Gasteiger partial charge >= 0.3 is 0 Å². The van der Waals surface area contributed by atoms with E-state index in [-0.39, 0.29) is 22.5 Å². The van der Waals surface area contributed by atoms with Crippen molar-refractivity contribution in [2.75, 3.05) is 50.3 Å². The van der Waals surface area contributed by atoms with Crippen LogP contribution in [0.1, 0.15) is 18.5 Å². The van der Waals surface area contributed by atoms with Gasteiger partial charge in [0.2, 0.25) is 0 Å². The van der Waals surface area contributed by atoms with E-state index in [1.54, 1.807) is 6.07 Å². The van der Waals surface area contributed by atoms with Crippen LogP contribution >= 0.6 is 0 Å². The third kappa shape index (κ3) is 5.58. The Kier molecular flexibility index (Phi) is 7.20. The van der Waals surface area contributed by atoms with Crippen molar-refractivity contribution in [2.45, 2.75) is 17.9 Å². The third-order valence-corrected chi connectivity index (χ3v) is 6.63. The van der Waals surface area contributed by atoms with E-state index in [1.165, 1.54) is 25.7 Å². The second-order valence-electron chi connectivity index (χ2n) is 7.80. The van der Waals surface area contributed by atoms with Gasteiger partial charge in [0.25, 0.3) is 0 Å². The largest absolute Gasteiger partial charge is 0.495 e. The van der Waals surface area contributed by atoms with Gasteiger partial charge in [0, 0.05) is 43.8 Å². The van der Waals surface area contributed by atoms with Crippen molar-refractivity contribution in [1.82, 2.24) is 24.8 Å². The number of nitrogens with zero attached hydrogens (tertiary/aromatic N) is 5. The van der Waals surface area contributed by atoms with Crippen LogP contribution in [-0.2, 0) is 14.6 Å². The van der Waals surface area contributed by atoms with E-state index < -0.39 is 9.84 Å². The zero-order valence-corrected chi connectivity index (χ0v) is 20.0. The number of rotatable bonds is 8. The number of hydrogen-bond donors (Lipinski definition) is 2. The quantitative estimate of drug-likeness (QED) is 0.488. The number of sulfone groups is 1. The van der Waals surface area contributed by atoms with Gasteiger partial charge in [-0.3, -0.25) is 4.90 Å². The Morgan fingerprint density at radius 2 is 1.76 bits per heavy atom. The van der Waals surface area contributed by atoms with Crippen LogP contribution in [0.2, 0.25) is 0 Å². The highest BCUT2D eigenvalue weighted by Gasteiger charge is 2.21. The molecule has 0 radical (unpaired) electrons. The van der Waals surface area contributed by atoms with Gasteiger partial charge in [-0.2, -0.15) is 0 Å². The molecule has 0 amide bonds. The summed E-state index contributed by atoms with van der Waals surface area (Å²) in [5.74, 6) is 1.79. The molecule has 0 bridgehead atoms. The Hall–Kier alpha value is -3.35. The van der Waals surface area contributed by atoms with Gasteiger partial charge in [-0.15, -0.1) is 0 Å². The first-order chi connectivity index (χ1) is 16.3. The van der Waals surface area contributed by atoms with Crippen molar-refractivity contribution in [3.05, 3.63) is 48.5 Å². The van der Waals surface area contributed by atoms with Crippen molar-refractivity contribution >= 4 is 33.1 Å². The van der Waals surface area contributed by atoms with Crippen LogP contribution in [0.4, 0.5) is 23.3 Å². The second kappa shape index (κ2) is 10.3. The van der Waals surface area contributed by atoms with Gasteiger partial charge in [0.05, 0.1) is 20.3 Å². The highest BCUT2D eigenvalue weighted by Crippen LogP contribution is 2.31. The molecule has 3 aromatic rings. The summed E-state index contributed by atoms with van der Waals surface area (Å²) >= 11 is 0. The molecular formula is C22H27N7O4S. The lowest BCUT2D eigenvalue weighted by molar-refractivity contribution is 0.0198. The van der Waals surface area contributed by atoms with Crippen molar-refractivity contribution < 1.29 is 17.9 Å². The van der Waals surface area contributed by atoms with Crippen LogP contribution < -0.4 is 15.4 Å². The zero-order chi connectivity index (χ0) is 24.1. The van der Waals surface area contributed by atoms with Crippen molar-refractivity contribution in [2.24, 2.45) is 0 Å². The van der Waals surface area contributed by atoms with Crippen LogP contribution in [-0.4, -0.2) is 72.9 Å². The normalized spacial score (nSPS) is 15.5. The lowest BCUT2D eigenvalue weighted by Crippen LogP contribution is -2.38. The maximum absolute atomic E-state index is 12.3. The molecule has 12 heteroatoms. The van der Waals surface area contributed by atoms with Gasteiger partial charge in [-0.1, -0.05) is 6.07 Å². The molecule has 1 unspecified atom stereocenters. The molecule has 1 saturated heterocycles. The van der Waals surface area contributed by atoms with Gasteiger partial charge in [0.1, 0.15) is 29.5 Å². The maximum atomic E-state index is 12.3. The van der Waals surface area contributed by atoms with Gasteiger partial charge in [0.15, 0.2) is 20.6 Å². The average Bonchev–Trinajstić information content (AvgIpc) is 2.84. The predicted molar refractivity (Wildman–Crippen MR) is 128 cm³/mol. The Morgan fingerprint density at radius 1 is 1.03 bits per heavy atom. The van der Waals surface area contributed by atoms with Crippen molar-refractivity contribution in [3.8, 4) is 5.75 Å². The summed E-state index contributed by atoms with van der Waals surface area (Å²) in [6.07, 6.45) is 5.76. The van der Waals surface area contributed by atoms with Gasteiger partial charge < -0.3 is 20.1 Å². The summed E-state index contributed by atoms with van der Waals surface area (Å²) in [5.41, 5.74) is 1.12. The van der Waals surface area contributed by atoms with Crippen molar-refractivity contribution in [3.63, 3.8) is 0 Å². The molecule has 180 valence electrons. The molecule has 0 spiro atoms. The third-order valence-electron chi connectivity index (χ3n) is 5.49. The SMILES string of the molecule is COc1ccnc(Nc2cc(Nc3ccc(C(C)N4CCOCC4)cn3)ncn2)c1S(C)(=O)=O. The van der Waals surface area contributed by atoms with Gasteiger partial charge in [-0.05, 0) is 24.6 Å². The Labute approximate surface area is 198 Å². The number of anilines is 4. The topological polar surface area (TPSA) is 131 Å². The molecule has 0 aliphatic carbocycles. The predicted octanol–water partition coefficient (Wildman–Crippen LogP) is 2.56. The van der Waals surface area contributed by atoms with E-state index in [4.69, 9.17) is 9.47 Å². The van der Waals surface area contributed by atoms with Gasteiger partial charge in [-0.25, -0.2) is 28.4 Å². The molecule has 3 aromatic heterocycles. The Morgan fingerprint density at radius 3 is 2.41 bits per heavy atom. The zero-order valence-electron chi connectivity index (χ0n) is 19.2. The van der Waals surface area contributed by atoms with Crippen LogP contribution in [0.25, 0.3) is 0 Å². The van der Waals surface area contributed by atoms with Crippen molar-refractivity contribution in [1.29, 1.82) is 0 Å². The fourth-order valence-corrected chi connectivity index (χ4v) is 4.66. The molecule has 2 N–H and O–H groups in total. The fraction of sp³-hybridized carbons (Fsp3) is 0.364. The minimum atomic E-state index is -3.60. The molecule has 0 aromatic carbocycles. The molecule has 11 nitrogen and oxygen atoms in total. The number of ether oxygens (including phenoxy) is 2. The highest BCUT2D eigenvalue weighted by molar-refractivity contribution is 7.91. The number of methoxy groups -OCH3 is 1. The molecule has 34 heavy (non-hydrogen) atoms. The number of pyridine rings is 2. The van der Waals surface area contributed by atoms with E-state index >= 15 is 0 Å². The maximum Gasteiger partial charge on any atom is 0.182 e. The smallest absolute Gasteiger partial charge is 0.182 e. The molecule has 1 fully saturated rings. The van der Waals surface area contributed by atoms with E-state index in [9.17, 15) is 8.42 Å². The molecule has 4 heterocycles. The van der Waals surface area contributed by atoms with Crippen LogP contribution in [0.3, 0.4) is 0 Å². The van der Waals surface area contributed by atoms with E-state index in [0.29, 0.717) is 17.5 Å². The number of nitrogens with one attached hydrogen (secondary N) is 2.